The number of carbonyl (C=O) groups excluding carboxylic acids is 3. The van der Waals surface area contributed by atoms with Gasteiger partial charge in [-0.25, -0.2) is 4.79 Å². The zero-order valence-electron chi connectivity index (χ0n) is 14.7. The van der Waals surface area contributed by atoms with Crippen LogP contribution in [0.25, 0.3) is 0 Å². The molecule has 0 radical (unpaired) electrons. The van der Waals surface area contributed by atoms with Gasteiger partial charge in [0.05, 0.1) is 0 Å². The second-order valence-corrected chi connectivity index (χ2v) is 6.16. The highest BCUT2D eigenvalue weighted by atomic mass is 16.6. The first kappa shape index (κ1) is 20.9. The van der Waals surface area contributed by atoms with Crippen molar-refractivity contribution in [2.75, 3.05) is 19.6 Å². The predicted octanol–water partition coefficient (Wildman–Crippen LogP) is 1.49. The van der Waals surface area contributed by atoms with Gasteiger partial charge in [-0.1, -0.05) is 12.5 Å². The Balaban J connectivity index is 3.73. The van der Waals surface area contributed by atoms with E-state index in [4.69, 9.17) is 4.74 Å². The molecule has 0 aromatic rings. The number of amides is 3. The minimum atomic E-state index is -0.560. The summed E-state index contributed by atoms with van der Waals surface area (Å²) in [6.07, 6.45) is 1.99. The molecule has 3 N–H and O–H groups in total. The third kappa shape index (κ3) is 13.3. The molecule has 0 saturated carbocycles. The van der Waals surface area contributed by atoms with Crippen LogP contribution in [-0.4, -0.2) is 43.1 Å². The summed E-state index contributed by atoms with van der Waals surface area (Å²) in [5.74, 6) is -0.360. The molecule has 0 heterocycles. The Bertz CT molecular complexity index is 439. The Labute approximate surface area is 138 Å². The van der Waals surface area contributed by atoms with Gasteiger partial charge in [0.15, 0.2) is 0 Å². The molecule has 0 spiro atoms. The molecule has 0 fully saturated rings. The van der Waals surface area contributed by atoms with E-state index in [0.29, 0.717) is 13.1 Å². The first-order valence-corrected chi connectivity index (χ1v) is 7.82. The van der Waals surface area contributed by atoms with Crippen LogP contribution in [0.4, 0.5) is 4.79 Å². The molecule has 0 bridgehead atoms. The number of allylic oxidation sites excluding steroid dienone is 1. The highest BCUT2D eigenvalue weighted by Gasteiger charge is 2.15. The largest absolute Gasteiger partial charge is 0.444 e. The van der Waals surface area contributed by atoms with Crippen molar-refractivity contribution in [2.24, 2.45) is 0 Å². The third-order valence-corrected chi connectivity index (χ3v) is 2.70. The van der Waals surface area contributed by atoms with Crippen molar-refractivity contribution < 1.29 is 19.1 Å². The van der Waals surface area contributed by atoms with Crippen molar-refractivity contribution >= 4 is 17.9 Å². The van der Waals surface area contributed by atoms with Crippen molar-refractivity contribution in [1.29, 1.82) is 0 Å². The van der Waals surface area contributed by atoms with Gasteiger partial charge in [-0.15, -0.1) is 0 Å². The number of carbonyl (C=O) groups is 3. The van der Waals surface area contributed by atoms with Crippen LogP contribution in [0.5, 0.6) is 0 Å². The molecule has 132 valence electrons. The summed E-state index contributed by atoms with van der Waals surface area (Å²) in [6.45, 7) is 10.1. The van der Waals surface area contributed by atoms with E-state index in [1.54, 1.807) is 26.8 Å². The molecule has 0 saturated heterocycles. The molecule has 7 nitrogen and oxygen atoms in total. The molecule has 0 aromatic heterocycles. The van der Waals surface area contributed by atoms with Crippen molar-refractivity contribution in [3.63, 3.8) is 0 Å². The Kier molecular flexibility index (Phi) is 9.69. The number of hydrogen-bond donors (Lipinski definition) is 3. The standard InChI is InChI=1S/C16H29N3O4/c1-6-12(2)11-14(21)18-10-9-17-13(20)7-8-19-15(22)23-16(3,4)5/h11H,6-10H2,1-5H3,(H,17,20)(H,18,21)(H,19,22)/b12-11+. The topological polar surface area (TPSA) is 96.5 Å². The normalized spacial score (nSPS) is 11.6. The number of nitrogens with one attached hydrogen (secondary N) is 3. The second-order valence-electron chi connectivity index (χ2n) is 6.16. The van der Waals surface area contributed by atoms with Crippen LogP contribution < -0.4 is 16.0 Å². The van der Waals surface area contributed by atoms with Crippen LogP contribution in [0.1, 0.15) is 47.5 Å². The van der Waals surface area contributed by atoms with E-state index in [0.717, 1.165) is 12.0 Å². The average molecular weight is 327 g/mol. The molecule has 0 atom stereocenters. The Morgan fingerprint density at radius 1 is 1.00 bits per heavy atom. The molecule has 0 aromatic carbocycles. The molecule has 0 aliphatic rings. The van der Waals surface area contributed by atoms with Crippen molar-refractivity contribution in [3.05, 3.63) is 11.6 Å². The van der Waals surface area contributed by atoms with E-state index in [9.17, 15) is 14.4 Å². The third-order valence-electron chi connectivity index (χ3n) is 2.70. The van der Waals surface area contributed by atoms with Crippen molar-refractivity contribution in [1.82, 2.24) is 16.0 Å². The van der Waals surface area contributed by atoms with Crippen LogP contribution in [0, 0.1) is 0 Å². The number of ether oxygens (including phenoxy) is 1. The molecule has 0 rings (SSSR count). The van der Waals surface area contributed by atoms with Gasteiger partial charge in [0, 0.05) is 32.1 Å². The first-order valence-electron chi connectivity index (χ1n) is 7.82. The number of hydrogen-bond acceptors (Lipinski definition) is 4. The van der Waals surface area contributed by atoms with E-state index in [1.165, 1.54) is 0 Å². The van der Waals surface area contributed by atoms with E-state index in [1.807, 2.05) is 13.8 Å². The number of alkyl carbamates (subject to hydrolysis) is 1. The maximum absolute atomic E-state index is 11.6. The maximum atomic E-state index is 11.6. The lowest BCUT2D eigenvalue weighted by Crippen LogP contribution is -2.37. The Morgan fingerprint density at radius 3 is 2.17 bits per heavy atom. The molecule has 0 unspecified atom stereocenters. The minimum Gasteiger partial charge on any atom is -0.444 e. The molecule has 0 aliphatic heterocycles. The zero-order valence-corrected chi connectivity index (χ0v) is 14.7. The van der Waals surface area contributed by atoms with Gasteiger partial charge in [0.1, 0.15) is 5.60 Å². The molecular weight excluding hydrogens is 298 g/mol. The fraction of sp³-hybridized carbons (Fsp3) is 0.688. The maximum Gasteiger partial charge on any atom is 0.407 e. The Morgan fingerprint density at radius 2 is 1.61 bits per heavy atom. The fourth-order valence-electron chi connectivity index (χ4n) is 1.45. The van der Waals surface area contributed by atoms with E-state index < -0.39 is 11.7 Å². The zero-order chi connectivity index (χ0) is 17.9. The molecule has 3 amide bonds. The highest BCUT2D eigenvalue weighted by Crippen LogP contribution is 2.06. The van der Waals surface area contributed by atoms with Crippen LogP contribution in [0.2, 0.25) is 0 Å². The predicted molar refractivity (Wildman–Crippen MR) is 88.9 cm³/mol. The van der Waals surface area contributed by atoms with Crippen LogP contribution in [0.15, 0.2) is 11.6 Å². The second kappa shape index (κ2) is 10.6. The monoisotopic (exact) mass is 327 g/mol. The van der Waals surface area contributed by atoms with Gasteiger partial charge in [0.25, 0.3) is 0 Å². The lowest BCUT2D eigenvalue weighted by Gasteiger charge is -2.19. The Hall–Kier alpha value is -2.05. The van der Waals surface area contributed by atoms with Crippen LogP contribution >= 0.6 is 0 Å². The van der Waals surface area contributed by atoms with Crippen LogP contribution in [0.3, 0.4) is 0 Å². The van der Waals surface area contributed by atoms with E-state index >= 15 is 0 Å². The molecule has 23 heavy (non-hydrogen) atoms. The summed E-state index contributed by atoms with van der Waals surface area (Å²) in [7, 11) is 0. The number of rotatable bonds is 8. The molecular formula is C16H29N3O4. The van der Waals surface area contributed by atoms with Gasteiger partial charge in [-0.05, 0) is 34.1 Å². The van der Waals surface area contributed by atoms with E-state index in [2.05, 4.69) is 16.0 Å². The summed E-state index contributed by atoms with van der Waals surface area (Å²) >= 11 is 0. The SMILES string of the molecule is CC/C(C)=C/C(=O)NCCNC(=O)CCNC(=O)OC(C)(C)C. The van der Waals surface area contributed by atoms with Gasteiger partial charge in [0.2, 0.25) is 11.8 Å². The fourth-order valence-corrected chi connectivity index (χ4v) is 1.45. The van der Waals surface area contributed by atoms with Gasteiger partial charge >= 0.3 is 6.09 Å². The van der Waals surface area contributed by atoms with Crippen molar-refractivity contribution in [3.8, 4) is 0 Å². The van der Waals surface area contributed by atoms with Crippen LogP contribution in [-0.2, 0) is 14.3 Å². The highest BCUT2D eigenvalue weighted by molar-refractivity contribution is 5.88. The summed E-state index contributed by atoms with van der Waals surface area (Å²) < 4.78 is 5.05. The summed E-state index contributed by atoms with van der Waals surface area (Å²) in [5.41, 5.74) is 0.439. The van der Waals surface area contributed by atoms with Gasteiger partial charge in [-0.2, -0.15) is 0 Å². The molecule has 0 aliphatic carbocycles. The van der Waals surface area contributed by atoms with Gasteiger partial charge < -0.3 is 20.7 Å². The van der Waals surface area contributed by atoms with E-state index in [-0.39, 0.29) is 24.8 Å². The quantitative estimate of drug-likeness (QED) is 0.465. The first-order chi connectivity index (χ1) is 10.6. The smallest absolute Gasteiger partial charge is 0.407 e. The molecule has 7 heteroatoms. The summed E-state index contributed by atoms with van der Waals surface area (Å²) in [6, 6.07) is 0. The lowest BCUT2D eigenvalue weighted by atomic mass is 10.2. The summed E-state index contributed by atoms with van der Waals surface area (Å²) in [4.78, 5) is 34.4. The minimum absolute atomic E-state index is 0.155. The lowest BCUT2D eigenvalue weighted by molar-refractivity contribution is -0.121. The average Bonchev–Trinajstić information content (AvgIpc) is 2.41. The van der Waals surface area contributed by atoms with Gasteiger partial charge in [-0.3, -0.25) is 9.59 Å². The van der Waals surface area contributed by atoms with Crippen molar-refractivity contribution in [2.45, 2.75) is 53.1 Å². The summed E-state index contributed by atoms with van der Waals surface area (Å²) in [5, 5.41) is 7.85.